The molecule has 1 fully saturated rings. The van der Waals surface area contributed by atoms with Crippen LogP contribution in [0.15, 0.2) is 35.3 Å². The lowest BCUT2D eigenvalue weighted by molar-refractivity contribution is 0.261. The van der Waals surface area contributed by atoms with Gasteiger partial charge in [0, 0.05) is 19.1 Å². The first kappa shape index (κ1) is 13.3. The summed E-state index contributed by atoms with van der Waals surface area (Å²) in [6, 6.07) is 8.46. The maximum atomic E-state index is 12.1. The molecule has 0 amide bonds. The van der Waals surface area contributed by atoms with E-state index in [1.165, 1.54) is 12.6 Å². The third kappa shape index (κ3) is 2.48. The second-order valence-electron chi connectivity index (χ2n) is 5.94. The average molecular weight is 271 g/mol. The maximum absolute atomic E-state index is 12.1. The van der Waals surface area contributed by atoms with Gasteiger partial charge in [0.2, 0.25) is 0 Å². The van der Waals surface area contributed by atoms with E-state index in [2.05, 4.69) is 23.7 Å². The molecule has 1 aliphatic rings. The lowest BCUT2D eigenvalue weighted by Gasteiger charge is -2.20. The monoisotopic (exact) mass is 271 g/mol. The van der Waals surface area contributed by atoms with Crippen LogP contribution in [0.4, 0.5) is 0 Å². The van der Waals surface area contributed by atoms with Crippen LogP contribution in [0.3, 0.4) is 0 Å². The van der Waals surface area contributed by atoms with E-state index in [9.17, 15) is 4.79 Å². The Balaban J connectivity index is 1.88. The van der Waals surface area contributed by atoms with Crippen LogP contribution in [0, 0.1) is 5.92 Å². The van der Waals surface area contributed by atoms with E-state index < -0.39 is 0 Å². The van der Waals surface area contributed by atoms with Gasteiger partial charge in [-0.2, -0.15) is 0 Å². The Morgan fingerprint density at radius 2 is 2.15 bits per heavy atom. The van der Waals surface area contributed by atoms with E-state index in [-0.39, 0.29) is 5.56 Å². The van der Waals surface area contributed by atoms with Crippen LogP contribution in [0.5, 0.6) is 0 Å². The van der Waals surface area contributed by atoms with E-state index in [1.54, 1.807) is 0 Å². The molecule has 2 aromatic rings. The highest BCUT2D eigenvalue weighted by Gasteiger charge is 2.25. The molecule has 0 aliphatic carbocycles. The van der Waals surface area contributed by atoms with Crippen molar-refractivity contribution in [3.8, 4) is 0 Å². The summed E-state index contributed by atoms with van der Waals surface area (Å²) in [5.74, 6) is 0.556. The van der Waals surface area contributed by atoms with Gasteiger partial charge in [-0.15, -0.1) is 0 Å². The fourth-order valence-electron chi connectivity index (χ4n) is 3.04. The molecular weight excluding hydrogens is 250 g/mol. The van der Waals surface area contributed by atoms with Crippen molar-refractivity contribution in [3.63, 3.8) is 0 Å². The first-order chi connectivity index (χ1) is 9.65. The molecule has 20 heavy (non-hydrogen) atoms. The fourth-order valence-corrected chi connectivity index (χ4v) is 3.04. The van der Waals surface area contributed by atoms with Gasteiger partial charge in [0.15, 0.2) is 0 Å². The molecule has 4 nitrogen and oxygen atoms in total. The summed E-state index contributed by atoms with van der Waals surface area (Å²) in [4.78, 5) is 18.8. The normalized spacial score (nSPS) is 20.1. The van der Waals surface area contributed by atoms with Gasteiger partial charge >= 0.3 is 0 Å². The summed E-state index contributed by atoms with van der Waals surface area (Å²) in [6.07, 6.45) is 2.61. The third-order valence-electron chi connectivity index (χ3n) is 4.24. The quantitative estimate of drug-likeness (QED) is 0.858. The van der Waals surface area contributed by atoms with Gasteiger partial charge in [0.25, 0.3) is 5.56 Å². The Morgan fingerprint density at radius 1 is 1.35 bits per heavy atom. The number of likely N-dealkylation sites (tertiary alicyclic amines) is 1. The number of para-hydroxylation sites is 2. The maximum Gasteiger partial charge on any atom is 0.269 e. The Hall–Kier alpha value is -1.68. The van der Waals surface area contributed by atoms with Gasteiger partial charge in [-0.25, -0.2) is 4.98 Å². The summed E-state index contributed by atoms with van der Waals surface area (Å²) in [5, 5.41) is 0. The molecule has 0 radical (unpaired) electrons. The number of benzene rings is 1. The Kier molecular flexibility index (Phi) is 3.57. The number of rotatable bonds is 3. The summed E-state index contributed by atoms with van der Waals surface area (Å²) in [6.45, 7) is 7.48. The molecule has 1 aromatic carbocycles. The summed E-state index contributed by atoms with van der Waals surface area (Å²) in [5.41, 5.74) is 1.85. The Labute approximate surface area is 119 Å². The fraction of sp³-hybridized carbons (Fsp3) is 0.500. The summed E-state index contributed by atoms with van der Waals surface area (Å²) >= 11 is 0. The van der Waals surface area contributed by atoms with E-state index in [0.717, 1.165) is 30.7 Å². The highest BCUT2D eigenvalue weighted by atomic mass is 16.1. The molecule has 3 rings (SSSR count). The topological polar surface area (TPSA) is 38.1 Å². The van der Waals surface area contributed by atoms with Crippen molar-refractivity contribution < 1.29 is 0 Å². The molecule has 1 aliphatic heterocycles. The van der Waals surface area contributed by atoms with Crippen molar-refractivity contribution in [2.75, 3.05) is 13.1 Å². The average Bonchev–Trinajstić information content (AvgIpc) is 2.91. The SMILES string of the molecule is CC(C)N1CCC(Cn2c(=O)cnc3ccccc32)C1. The van der Waals surface area contributed by atoms with Gasteiger partial charge in [0.05, 0.1) is 17.2 Å². The van der Waals surface area contributed by atoms with Crippen molar-refractivity contribution in [1.29, 1.82) is 0 Å². The Bertz CT molecular complexity index is 662. The zero-order chi connectivity index (χ0) is 14.1. The smallest absolute Gasteiger partial charge is 0.269 e. The van der Waals surface area contributed by atoms with Crippen molar-refractivity contribution in [2.24, 2.45) is 5.92 Å². The van der Waals surface area contributed by atoms with E-state index in [0.29, 0.717) is 12.0 Å². The van der Waals surface area contributed by atoms with Gasteiger partial charge < -0.3 is 9.47 Å². The summed E-state index contributed by atoms with van der Waals surface area (Å²) in [7, 11) is 0. The molecule has 2 heterocycles. The van der Waals surface area contributed by atoms with Crippen molar-refractivity contribution in [3.05, 3.63) is 40.8 Å². The van der Waals surface area contributed by atoms with Crippen LogP contribution in [0.25, 0.3) is 11.0 Å². The van der Waals surface area contributed by atoms with Crippen LogP contribution >= 0.6 is 0 Å². The second kappa shape index (κ2) is 5.37. The number of fused-ring (bicyclic) bond motifs is 1. The molecule has 1 aromatic heterocycles. The molecule has 0 saturated carbocycles. The van der Waals surface area contributed by atoms with Gasteiger partial charge in [-0.05, 0) is 44.9 Å². The highest BCUT2D eigenvalue weighted by Crippen LogP contribution is 2.21. The van der Waals surface area contributed by atoms with E-state index in [1.807, 2.05) is 28.8 Å². The van der Waals surface area contributed by atoms with E-state index >= 15 is 0 Å². The molecule has 0 bridgehead atoms. The lowest BCUT2D eigenvalue weighted by atomic mass is 10.1. The predicted octanol–water partition coefficient (Wildman–Crippen LogP) is 2.13. The van der Waals surface area contributed by atoms with Gasteiger partial charge in [0.1, 0.15) is 0 Å². The molecule has 1 saturated heterocycles. The molecule has 4 heteroatoms. The van der Waals surface area contributed by atoms with Gasteiger partial charge in [-0.3, -0.25) is 4.79 Å². The van der Waals surface area contributed by atoms with Crippen molar-refractivity contribution >= 4 is 11.0 Å². The second-order valence-corrected chi connectivity index (χ2v) is 5.94. The zero-order valence-electron chi connectivity index (χ0n) is 12.1. The molecule has 0 N–H and O–H groups in total. The number of hydrogen-bond acceptors (Lipinski definition) is 3. The van der Waals surface area contributed by atoms with Crippen molar-refractivity contribution in [1.82, 2.24) is 14.5 Å². The third-order valence-corrected chi connectivity index (χ3v) is 4.24. The minimum atomic E-state index is 0.00620. The standard InChI is InChI=1S/C16H21N3O/c1-12(2)18-8-7-13(10-18)11-19-15-6-4-3-5-14(15)17-9-16(19)20/h3-6,9,12-13H,7-8,10-11H2,1-2H3. The minimum absolute atomic E-state index is 0.00620. The van der Waals surface area contributed by atoms with Crippen LogP contribution in [0.2, 0.25) is 0 Å². The van der Waals surface area contributed by atoms with E-state index in [4.69, 9.17) is 0 Å². The Morgan fingerprint density at radius 3 is 2.90 bits per heavy atom. The van der Waals surface area contributed by atoms with Crippen LogP contribution in [-0.2, 0) is 6.54 Å². The first-order valence-electron chi connectivity index (χ1n) is 7.34. The largest absolute Gasteiger partial charge is 0.305 e. The van der Waals surface area contributed by atoms with Crippen LogP contribution in [0.1, 0.15) is 20.3 Å². The molecule has 0 spiro atoms. The lowest BCUT2D eigenvalue weighted by Crippen LogP contribution is -2.30. The molecule has 106 valence electrons. The molecule has 1 atom stereocenters. The molecular formula is C16H21N3O. The number of aromatic nitrogens is 2. The molecule has 1 unspecified atom stereocenters. The van der Waals surface area contributed by atoms with Crippen LogP contribution < -0.4 is 5.56 Å². The summed E-state index contributed by atoms with van der Waals surface area (Å²) < 4.78 is 1.89. The van der Waals surface area contributed by atoms with Crippen LogP contribution in [-0.4, -0.2) is 33.6 Å². The zero-order valence-corrected chi connectivity index (χ0v) is 12.1. The predicted molar refractivity (Wildman–Crippen MR) is 80.8 cm³/mol. The van der Waals surface area contributed by atoms with Crippen molar-refractivity contribution in [2.45, 2.75) is 32.9 Å². The number of hydrogen-bond donors (Lipinski definition) is 0. The minimum Gasteiger partial charge on any atom is -0.305 e. The number of nitrogens with zero attached hydrogens (tertiary/aromatic N) is 3. The first-order valence-corrected chi connectivity index (χ1v) is 7.34. The highest BCUT2D eigenvalue weighted by molar-refractivity contribution is 5.74. The van der Waals surface area contributed by atoms with Gasteiger partial charge in [-0.1, -0.05) is 12.1 Å².